The molecular weight excluding hydrogens is 313 g/mol. The van der Waals surface area contributed by atoms with Crippen LogP contribution in [0.5, 0.6) is 0 Å². The normalized spacial score (nSPS) is 11.8. The molecule has 0 aliphatic heterocycles. The van der Waals surface area contributed by atoms with Crippen LogP contribution in [0.4, 0.5) is 30.7 Å². The Balaban J connectivity index is 3.54. The van der Waals surface area contributed by atoms with Crippen molar-refractivity contribution in [3.05, 3.63) is 28.8 Å². The van der Waals surface area contributed by atoms with Crippen molar-refractivity contribution in [1.82, 2.24) is 0 Å². The maximum Gasteiger partial charge on any atom is 0.446 e. The summed E-state index contributed by atoms with van der Waals surface area (Å²) in [7, 11) is 0. The highest BCUT2D eigenvalue weighted by Crippen LogP contribution is 2.41. The first-order chi connectivity index (χ1) is 8.06. The van der Waals surface area contributed by atoms with Crippen LogP contribution in [0.2, 0.25) is 0 Å². The molecule has 0 bridgehead atoms. The minimum atomic E-state index is -5.16. The van der Waals surface area contributed by atoms with Crippen molar-refractivity contribution >= 4 is 28.6 Å². The molecule has 0 atom stereocenters. The topological polar surface area (TPSA) is 17.1 Å². The van der Waals surface area contributed by atoms with Gasteiger partial charge >= 0.3 is 5.51 Å². The SMILES string of the molecule is O=C(Cl)c1c(F)c(F)c(SC(F)(F)F)c(F)c1F. The van der Waals surface area contributed by atoms with E-state index in [0.717, 1.165) is 0 Å². The Morgan fingerprint density at radius 1 is 0.944 bits per heavy atom. The second kappa shape index (κ2) is 4.96. The van der Waals surface area contributed by atoms with E-state index in [1.54, 1.807) is 0 Å². The Kier molecular flexibility index (Phi) is 4.16. The number of alkyl halides is 3. The van der Waals surface area contributed by atoms with Crippen LogP contribution in [0.15, 0.2) is 4.90 Å². The van der Waals surface area contributed by atoms with Crippen LogP contribution in [-0.4, -0.2) is 10.8 Å². The highest BCUT2D eigenvalue weighted by atomic mass is 35.5. The summed E-state index contributed by atoms with van der Waals surface area (Å²) in [5, 5.41) is -1.87. The average molecular weight is 313 g/mol. The zero-order valence-corrected chi connectivity index (χ0v) is 9.41. The van der Waals surface area contributed by atoms with E-state index in [1.165, 1.54) is 0 Å². The van der Waals surface area contributed by atoms with E-state index in [9.17, 15) is 35.5 Å². The molecule has 0 aliphatic carbocycles. The molecule has 0 heterocycles. The lowest BCUT2D eigenvalue weighted by atomic mass is 10.2. The van der Waals surface area contributed by atoms with Crippen LogP contribution >= 0.6 is 23.4 Å². The van der Waals surface area contributed by atoms with Crippen molar-refractivity contribution in [2.24, 2.45) is 0 Å². The summed E-state index contributed by atoms with van der Waals surface area (Å²) in [6.07, 6.45) is 0. The number of carbonyl (C=O) groups is 1. The summed E-state index contributed by atoms with van der Waals surface area (Å²) in [4.78, 5) is 8.58. The number of hydrogen-bond donors (Lipinski definition) is 0. The van der Waals surface area contributed by atoms with Crippen molar-refractivity contribution < 1.29 is 35.5 Å². The van der Waals surface area contributed by atoms with Gasteiger partial charge in [-0.15, -0.1) is 0 Å². The molecule has 0 unspecified atom stereocenters. The monoisotopic (exact) mass is 312 g/mol. The maximum atomic E-state index is 13.1. The fraction of sp³-hybridized carbons (Fsp3) is 0.125. The third-order valence-electron chi connectivity index (χ3n) is 1.64. The van der Waals surface area contributed by atoms with E-state index in [-0.39, 0.29) is 0 Å². The molecule has 1 rings (SSSR count). The molecule has 0 saturated carbocycles. The second-order valence-electron chi connectivity index (χ2n) is 2.78. The Labute approximate surface area is 104 Å². The predicted octanol–water partition coefficient (Wildman–Crippen LogP) is 4.23. The van der Waals surface area contributed by atoms with Gasteiger partial charge in [0.25, 0.3) is 5.24 Å². The van der Waals surface area contributed by atoms with Crippen molar-refractivity contribution in [2.45, 2.75) is 10.4 Å². The summed E-state index contributed by atoms with van der Waals surface area (Å²) in [5.74, 6) is -9.22. The van der Waals surface area contributed by atoms with Gasteiger partial charge in [0.15, 0.2) is 23.3 Å². The summed E-state index contributed by atoms with van der Waals surface area (Å²) >= 11 is 3.28. The number of carbonyl (C=O) groups excluding carboxylic acids is 1. The molecule has 0 saturated heterocycles. The van der Waals surface area contributed by atoms with E-state index in [1.807, 2.05) is 0 Å². The summed E-state index contributed by atoms with van der Waals surface area (Å²) in [6.45, 7) is 0. The van der Waals surface area contributed by atoms with Gasteiger partial charge in [-0.1, -0.05) is 0 Å². The van der Waals surface area contributed by atoms with Crippen LogP contribution in [0.3, 0.4) is 0 Å². The molecule has 100 valence electrons. The predicted molar refractivity (Wildman–Crippen MR) is 48.4 cm³/mol. The van der Waals surface area contributed by atoms with Crippen LogP contribution in [-0.2, 0) is 0 Å². The maximum absolute atomic E-state index is 13.1. The molecule has 0 aliphatic rings. The lowest BCUT2D eigenvalue weighted by molar-refractivity contribution is -0.0331. The third-order valence-corrected chi connectivity index (χ3v) is 2.62. The van der Waals surface area contributed by atoms with Gasteiger partial charge in [0, 0.05) is 0 Å². The fourth-order valence-electron chi connectivity index (χ4n) is 0.989. The average Bonchev–Trinajstić information content (AvgIpc) is 2.20. The number of halogens is 8. The van der Waals surface area contributed by atoms with Crippen LogP contribution in [0, 0.1) is 23.3 Å². The molecule has 18 heavy (non-hydrogen) atoms. The van der Waals surface area contributed by atoms with Gasteiger partial charge in [0.1, 0.15) is 5.56 Å². The van der Waals surface area contributed by atoms with Gasteiger partial charge < -0.3 is 0 Å². The first-order valence-corrected chi connectivity index (χ1v) is 5.07. The van der Waals surface area contributed by atoms with Crippen LogP contribution < -0.4 is 0 Å². The molecular formula is C8ClF7OS. The first-order valence-electron chi connectivity index (χ1n) is 3.87. The zero-order valence-electron chi connectivity index (χ0n) is 7.84. The molecule has 1 aromatic rings. The molecule has 0 aromatic heterocycles. The summed E-state index contributed by atoms with van der Waals surface area (Å²) < 4.78 is 88.0. The van der Waals surface area contributed by atoms with Gasteiger partial charge in [-0.25, -0.2) is 17.6 Å². The minimum absolute atomic E-state index is 1.38. The van der Waals surface area contributed by atoms with Crippen LogP contribution in [0.1, 0.15) is 10.4 Å². The highest BCUT2D eigenvalue weighted by molar-refractivity contribution is 8.00. The lowest BCUT2D eigenvalue weighted by Crippen LogP contribution is -2.10. The lowest BCUT2D eigenvalue weighted by Gasteiger charge is -2.10. The highest BCUT2D eigenvalue weighted by Gasteiger charge is 2.37. The minimum Gasteiger partial charge on any atom is -0.275 e. The van der Waals surface area contributed by atoms with Crippen LogP contribution in [0.25, 0.3) is 0 Å². The molecule has 1 aromatic carbocycles. The number of rotatable bonds is 2. The third kappa shape index (κ3) is 2.89. The zero-order chi connectivity index (χ0) is 14.2. The fourth-order valence-corrected chi connectivity index (χ4v) is 1.75. The summed E-state index contributed by atoms with van der Waals surface area (Å²) in [5.41, 5.74) is -6.94. The van der Waals surface area contributed by atoms with Gasteiger partial charge in [0.05, 0.1) is 4.90 Å². The Bertz CT molecular complexity index is 484. The molecule has 0 spiro atoms. The molecule has 1 nitrogen and oxygen atoms in total. The van der Waals surface area contributed by atoms with Crippen molar-refractivity contribution in [3.63, 3.8) is 0 Å². The van der Waals surface area contributed by atoms with Gasteiger partial charge in [-0.2, -0.15) is 13.2 Å². The van der Waals surface area contributed by atoms with E-state index < -0.39 is 56.2 Å². The van der Waals surface area contributed by atoms with E-state index in [4.69, 9.17) is 0 Å². The quantitative estimate of drug-likeness (QED) is 0.352. The first kappa shape index (κ1) is 15.1. The Morgan fingerprint density at radius 2 is 1.33 bits per heavy atom. The largest absolute Gasteiger partial charge is 0.446 e. The Hall–Kier alpha value is -0.960. The smallest absolute Gasteiger partial charge is 0.275 e. The molecule has 0 N–H and O–H groups in total. The molecule has 0 amide bonds. The second-order valence-corrected chi connectivity index (χ2v) is 4.20. The van der Waals surface area contributed by atoms with Gasteiger partial charge in [-0.3, -0.25) is 4.79 Å². The van der Waals surface area contributed by atoms with Crippen molar-refractivity contribution in [3.8, 4) is 0 Å². The number of hydrogen-bond acceptors (Lipinski definition) is 2. The molecule has 10 heteroatoms. The number of benzene rings is 1. The molecule has 0 radical (unpaired) electrons. The van der Waals surface area contributed by atoms with Gasteiger partial charge in [-0.05, 0) is 23.4 Å². The number of thioether (sulfide) groups is 1. The summed E-state index contributed by atoms with van der Waals surface area (Å²) in [6, 6.07) is 0. The standard InChI is InChI=1S/C8ClF7OS/c9-7(17)1-2(10)4(12)6(5(13)3(1)11)18-8(14,15)16. The Morgan fingerprint density at radius 3 is 1.61 bits per heavy atom. The van der Waals surface area contributed by atoms with Gasteiger partial charge in [0.2, 0.25) is 0 Å². The van der Waals surface area contributed by atoms with E-state index in [2.05, 4.69) is 11.6 Å². The van der Waals surface area contributed by atoms with Crippen molar-refractivity contribution in [2.75, 3.05) is 0 Å². The van der Waals surface area contributed by atoms with E-state index >= 15 is 0 Å². The molecule has 0 fully saturated rings. The van der Waals surface area contributed by atoms with Crippen molar-refractivity contribution in [1.29, 1.82) is 0 Å². The van der Waals surface area contributed by atoms with E-state index in [0.29, 0.717) is 0 Å².